The first-order valence-corrected chi connectivity index (χ1v) is 6.29. The van der Waals surface area contributed by atoms with Crippen molar-refractivity contribution < 1.29 is 9.53 Å². The fourth-order valence-corrected chi connectivity index (χ4v) is 2.78. The van der Waals surface area contributed by atoms with Crippen LogP contribution in [0.5, 0.6) is 0 Å². The van der Waals surface area contributed by atoms with Crippen LogP contribution in [0.3, 0.4) is 0 Å². The van der Waals surface area contributed by atoms with Crippen LogP contribution in [0.15, 0.2) is 11.1 Å². The van der Waals surface area contributed by atoms with Gasteiger partial charge < -0.3 is 10.1 Å². The van der Waals surface area contributed by atoms with Crippen molar-refractivity contribution in [3.05, 3.63) is 11.1 Å². The maximum absolute atomic E-state index is 11.8. The third-order valence-electron chi connectivity index (χ3n) is 2.93. The van der Waals surface area contributed by atoms with Gasteiger partial charge in [0.05, 0.1) is 6.61 Å². The van der Waals surface area contributed by atoms with Crippen molar-refractivity contribution in [1.29, 1.82) is 5.26 Å². The summed E-state index contributed by atoms with van der Waals surface area (Å²) in [4.78, 5) is 11.8. The van der Waals surface area contributed by atoms with Crippen molar-refractivity contribution in [2.24, 2.45) is 0 Å². The minimum absolute atomic E-state index is 0. The molecule has 1 fully saturated rings. The molecule has 0 aliphatic carbocycles. The van der Waals surface area contributed by atoms with Crippen molar-refractivity contribution in [2.45, 2.75) is 58.5 Å². The molecule has 1 aliphatic heterocycles. The van der Waals surface area contributed by atoms with Crippen LogP contribution >= 0.6 is 12.4 Å². The van der Waals surface area contributed by atoms with Crippen LogP contribution in [0.2, 0.25) is 0 Å². The van der Waals surface area contributed by atoms with Crippen molar-refractivity contribution in [1.82, 2.24) is 5.32 Å². The summed E-state index contributed by atoms with van der Waals surface area (Å²) >= 11 is 0. The zero-order valence-electron chi connectivity index (χ0n) is 12.3. The Hall–Kier alpha value is -1.05. The molecule has 0 aromatic rings. The Morgan fingerprint density at radius 1 is 1.32 bits per heavy atom. The Morgan fingerprint density at radius 2 is 1.79 bits per heavy atom. The third kappa shape index (κ3) is 4.85. The Morgan fingerprint density at radius 3 is 2.16 bits per heavy atom. The Bertz CT molecular complexity index is 402. The van der Waals surface area contributed by atoms with Gasteiger partial charge in [-0.3, -0.25) is 0 Å². The molecule has 19 heavy (non-hydrogen) atoms. The highest BCUT2D eigenvalue weighted by Gasteiger charge is 2.37. The van der Waals surface area contributed by atoms with Gasteiger partial charge in [-0.25, -0.2) is 4.79 Å². The van der Waals surface area contributed by atoms with Gasteiger partial charge in [0.15, 0.2) is 0 Å². The predicted octanol–water partition coefficient (Wildman–Crippen LogP) is 2.73. The summed E-state index contributed by atoms with van der Waals surface area (Å²) in [5.74, 6) is -0.497. The summed E-state index contributed by atoms with van der Waals surface area (Å²) in [6, 6.07) is 2.01. The zero-order valence-corrected chi connectivity index (χ0v) is 13.1. The molecule has 1 N–H and O–H groups in total. The summed E-state index contributed by atoms with van der Waals surface area (Å²) in [5, 5.41) is 12.7. The fourth-order valence-electron chi connectivity index (χ4n) is 2.78. The molecule has 0 radical (unpaired) electrons. The highest BCUT2D eigenvalue weighted by Crippen LogP contribution is 2.34. The molecule has 0 amide bonds. The predicted molar refractivity (Wildman–Crippen MR) is 77.0 cm³/mol. The number of nitriles is 1. The Kier molecular flexibility index (Phi) is 6.05. The normalized spacial score (nSPS) is 19.9. The molecule has 108 valence electrons. The van der Waals surface area contributed by atoms with Crippen molar-refractivity contribution in [3.8, 4) is 6.07 Å². The number of carbonyl (C=O) groups is 1. The van der Waals surface area contributed by atoms with Crippen LogP contribution in [0.25, 0.3) is 0 Å². The van der Waals surface area contributed by atoms with Gasteiger partial charge in [-0.05, 0) is 53.0 Å². The average Bonchev–Trinajstić information content (AvgIpc) is 2.13. The molecule has 1 heterocycles. The first kappa shape index (κ1) is 17.9. The van der Waals surface area contributed by atoms with Crippen LogP contribution in [-0.4, -0.2) is 23.7 Å². The van der Waals surface area contributed by atoms with Gasteiger partial charge in [-0.15, -0.1) is 12.4 Å². The number of carbonyl (C=O) groups excluding carboxylic acids is 1. The minimum Gasteiger partial charge on any atom is -0.462 e. The van der Waals surface area contributed by atoms with E-state index < -0.39 is 5.97 Å². The van der Waals surface area contributed by atoms with Crippen LogP contribution in [0, 0.1) is 11.3 Å². The largest absolute Gasteiger partial charge is 0.462 e. The molecule has 0 saturated carbocycles. The highest BCUT2D eigenvalue weighted by atomic mass is 35.5. The van der Waals surface area contributed by atoms with Crippen molar-refractivity contribution in [2.75, 3.05) is 6.61 Å². The number of piperidine rings is 1. The smallest absolute Gasteiger partial charge is 0.348 e. The lowest BCUT2D eigenvalue weighted by Crippen LogP contribution is -2.56. The Balaban J connectivity index is 0.00000324. The van der Waals surface area contributed by atoms with E-state index in [1.54, 1.807) is 6.92 Å². The lowest BCUT2D eigenvalue weighted by atomic mass is 9.78. The van der Waals surface area contributed by atoms with E-state index in [2.05, 4.69) is 33.0 Å². The van der Waals surface area contributed by atoms with E-state index in [4.69, 9.17) is 4.74 Å². The van der Waals surface area contributed by atoms with E-state index in [1.807, 2.05) is 6.07 Å². The second-order valence-electron chi connectivity index (χ2n) is 6.06. The monoisotopic (exact) mass is 286 g/mol. The molecule has 0 unspecified atom stereocenters. The standard InChI is InChI=1S/C14H22N2O2.ClH/c1-6-18-12(17)11(9-15)10-7-13(2,3)16-14(4,5)8-10;/h16H,6-8H2,1-5H3;1H. The summed E-state index contributed by atoms with van der Waals surface area (Å²) in [6.45, 7) is 10.3. The number of hydrogen-bond acceptors (Lipinski definition) is 4. The number of esters is 1. The summed E-state index contributed by atoms with van der Waals surface area (Å²) < 4.78 is 4.94. The number of nitrogens with zero attached hydrogens (tertiary/aromatic N) is 1. The number of rotatable bonds is 2. The number of nitrogens with one attached hydrogen (secondary N) is 1. The van der Waals surface area contributed by atoms with E-state index in [1.165, 1.54) is 0 Å². The van der Waals surface area contributed by atoms with Gasteiger partial charge >= 0.3 is 5.97 Å². The van der Waals surface area contributed by atoms with Gasteiger partial charge in [0.1, 0.15) is 11.6 Å². The molecule has 5 heteroatoms. The molecule has 0 bridgehead atoms. The van der Waals surface area contributed by atoms with Crippen LogP contribution in [0.4, 0.5) is 0 Å². The summed E-state index contributed by atoms with van der Waals surface area (Å²) in [7, 11) is 0. The lowest BCUT2D eigenvalue weighted by Gasteiger charge is -2.44. The molecular formula is C14H23ClN2O2. The quantitative estimate of drug-likeness (QED) is 0.482. The van der Waals surface area contributed by atoms with Gasteiger partial charge in [0, 0.05) is 11.1 Å². The molecule has 1 saturated heterocycles. The maximum atomic E-state index is 11.8. The van der Waals surface area contributed by atoms with Crippen LogP contribution < -0.4 is 5.32 Å². The maximum Gasteiger partial charge on any atom is 0.348 e. The number of halogens is 1. The molecule has 1 rings (SSSR count). The molecule has 0 aromatic heterocycles. The van der Waals surface area contributed by atoms with E-state index in [-0.39, 0.29) is 29.1 Å². The second-order valence-corrected chi connectivity index (χ2v) is 6.06. The molecule has 0 aromatic carbocycles. The number of ether oxygens (including phenoxy) is 1. The third-order valence-corrected chi connectivity index (χ3v) is 2.93. The van der Waals surface area contributed by atoms with E-state index in [9.17, 15) is 10.1 Å². The minimum atomic E-state index is -0.497. The van der Waals surface area contributed by atoms with Crippen LogP contribution in [-0.2, 0) is 9.53 Å². The molecule has 0 atom stereocenters. The first-order valence-electron chi connectivity index (χ1n) is 6.29. The zero-order chi connectivity index (χ0) is 14.0. The second kappa shape index (κ2) is 6.40. The summed E-state index contributed by atoms with van der Waals surface area (Å²) in [5.41, 5.74) is 0.835. The summed E-state index contributed by atoms with van der Waals surface area (Å²) in [6.07, 6.45) is 1.39. The van der Waals surface area contributed by atoms with Crippen molar-refractivity contribution >= 4 is 18.4 Å². The average molecular weight is 287 g/mol. The highest BCUT2D eigenvalue weighted by molar-refractivity contribution is 5.93. The van der Waals surface area contributed by atoms with Gasteiger partial charge in [0.2, 0.25) is 0 Å². The van der Waals surface area contributed by atoms with E-state index in [0.29, 0.717) is 19.4 Å². The lowest BCUT2D eigenvalue weighted by molar-refractivity contribution is -0.138. The van der Waals surface area contributed by atoms with Gasteiger partial charge in [-0.2, -0.15) is 5.26 Å². The molecule has 1 aliphatic rings. The Labute approximate surface area is 121 Å². The fraction of sp³-hybridized carbons (Fsp3) is 0.714. The topological polar surface area (TPSA) is 62.1 Å². The van der Waals surface area contributed by atoms with E-state index in [0.717, 1.165) is 5.57 Å². The van der Waals surface area contributed by atoms with Crippen LogP contribution in [0.1, 0.15) is 47.5 Å². The number of hydrogen-bond donors (Lipinski definition) is 1. The molecule has 4 nitrogen and oxygen atoms in total. The first-order chi connectivity index (χ1) is 8.21. The molecular weight excluding hydrogens is 264 g/mol. The molecule has 0 spiro atoms. The van der Waals surface area contributed by atoms with Crippen molar-refractivity contribution in [3.63, 3.8) is 0 Å². The van der Waals surface area contributed by atoms with Gasteiger partial charge in [0.25, 0.3) is 0 Å². The SMILES string of the molecule is CCOC(=O)C(C#N)=C1CC(C)(C)NC(C)(C)C1.Cl. The van der Waals surface area contributed by atoms with E-state index >= 15 is 0 Å². The van der Waals surface area contributed by atoms with Gasteiger partial charge in [-0.1, -0.05) is 0 Å².